The van der Waals surface area contributed by atoms with Gasteiger partial charge < -0.3 is 5.32 Å². The third-order valence-electron chi connectivity index (χ3n) is 6.05. The second-order valence-corrected chi connectivity index (χ2v) is 11.0. The lowest BCUT2D eigenvalue weighted by molar-refractivity contribution is -0.126. The predicted molar refractivity (Wildman–Crippen MR) is 124 cm³/mol. The van der Waals surface area contributed by atoms with Gasteiger partial charge in [0.25, 0.3) is 0 Å². The first-order valence-corrected chi connectivity index (χ1v) is 12.6. The number of piperidine rings is 1. The highest BCUT2D eigenvalue weighted by Crippen LogP contribution is 2.25. The summed E-state index contributed by atoms with van der Waals surface area (Å²) in [5, 5.41) is 2.99. The molecule has 1 heterocycles. The maximum atomic E-state index is 13.1. The summed E-state index contributed by atoms with van der Waals surface area (Å²) in [5.74, 6) is 0.415. The summed E-state index contributed by atoms with van der Waals surface area (Å²) in [6.45, 7) is 9.60. The molecule has 0 unspecified atom stereocenters. The van der Waals surface area contributed by atoms with Gasteiger partial charge in [0.15, 0.2) is 0 Å². The van der Waals surface area contributed by atoms with E-state index < -0.39 is 10.0 Å². The molecule has 1 fully saturated rings. The molecule has 1 saturated heterocycles. The fourth-order valence-corrected chi connectivity index (χ4v) is 5.43. The van der Waals surface area contributed by atoms with Gasteiger partial charge in [-0.05, 0) is 53.5 Å². The van der Waals surface area contributed by atoms with Crippen molar-refractivity contribution in [2.45, 2.75) is 63.8 Å². The Kier molecular flexibility index (Phi) is 7.55. The number of sulfonamides is 1. The van der Waals surface area contributed by atoms with E-state index in [1.807, 2.05) is 24.3 Å². The van der Waals surface area contributed by atoms with Crippen molar-refractivity contribution in [3.8, 4) is 0 Å². The highest BCUT2D eigenvalue weighted by atomic mass is 32.2. The van der Waals surface area contributed by atoms with Crippen LogP contribution in [0.25, 0.3) is 0 Å². The first kappa shape index (κ1) is 23.5. The molecule has 3 rings (SSSR count). The zero-order chi connectivity index (χ0) is 22.6. The van der Waals surface area contributed by atoms with Crippen molar-refractivity contribution in [2.24, 2.45) is 5.92 Å². The molecule has 2 aromatic carbocycles. The van der Waals surface area contributed by atoms with E-state index in [1.165, 1.54) is 9.87 Å². The topological polar surface area (TPSA) is 66.5 Å². The largest absolute Gasteiger partial charge is 0.352 e. The molecule has 31 heavy (non-hydrogen) atoms. The van der Waals surface area contributed by atoms with Crippen molar-refractivity contribution in [3.63, 3.8) is 0 Å². The highest BCUT2D eigenvalue weighted by Gasteiger charge is 2.33. The zero-order valence-corrected chi connectivity index (χ0v) is 19.8. The van der Waals surface area contributed by atoms with Gasteiger partial charge in [-0.2, -0.15) is 4.31 Å². The van der Waals surface area contributed by atoms with Gasteiger partial charge in [-0.15, -0.1) is 0 Å². The van der Waals surface area contributed by atoms with E-state index in [0.717, 1.165) is 11.1 Å². The van der Waals surface area contributed by atoms with Gasteiger partial charge in [-0.25, -0.2) is 8.42 Å². The van der Waals surface area contributed by atoms with Gasteiger partial charge in [0.05, 0.1) is 10.8 Å². The van der Waals surface area contributed by atoms with Crippen LogP contribution in [0.5, 0.6) is 0 Å². The normalized spacial score (nSPS) is 17.8. The number of amides is 1. The molecular formula is C25H34N2O3S. The first-order chi connectivity index (χ1) is 14.7. The third kappa shape index (κ3) is 5.74. The van der Waals surface area contributed by atoms with Crippen LogP contribution in [0.2, 0.25) is 0 Å². The van der Waals surface area contributed by atoms with Crippen molar-refractivity contribution >= 4 is 15.9 Å². The Balaban J connectivity index is 1.61. The molecule has 1 atom stereocenters. The van der Waals surface area contributed by atoms with Crippen LogP contribution in [0.1, 0.15) is 69.1 Å². The number of nitrogens with zero attached hydrogens (tertiary/aromatic N) is 1. The first-order valence-electron chi connectivity index (χ1n) is 11.1. The monoisotopic (exact) mass is 442 g/mol. The van der Waals surface area contributed by atoms with E-state index in [-0.39, 0.29) is 18.4 Å². The Hall–Kier alpha value is -2.18. The van der Waals surface area contributed by atoms with Crippen molar-refractivity contribution in [1.82, 2.24) is 9.62 Å². The van der Waals surface area contributed by atoms with Crippen LogP contribution in [-0.2, 0) is 21.4 Å². The Labute approximate surface area is 186 Å². The molecule has 168 valence electrons. The van der Waals surface area contributed by atoms with E-state index in [0.29, 0.717) is 42.7 Å². The van der Waals surface area contributed by atoms with Crippen LogP contribution in [0, 0.1) is 5.92 Å². The lowest BCUT2D eigenvalue weighted by Crippen LogP contribution is -2.45. The van der Waals surface area contributed by atoms with Crippen molar-refractivity contribution < 1.29 is 13.2 Å². The number of nitrogens with one attached hydrogen (secondary N) is 1. The number of hydrogen-bond donors (Lipinski definition) is 1. The van der Waals surface area contributed by atoms with Crippen molar-refractivity contribution in [1.29, 1.82) is 0 Å². The summed E-state index contributed by atoms with van der Waals surface area (Å²) in [4.78, 5) is 13.0. The van der Waals surface area contributed by atoms with Gasteiger partial charge in [-0.3, -0.25) is 4.79 Å². The Morgan fingerprint density at radius 1 is 0.968 bits per heavy atom. The van der Waals surface area contributed by atoms with Gasteiger partial charge in [-0.1, -0.05) is 64.1 Å². The van der Waals surface area contributed by atoms with Crippen molar-refractivity contribution in [2.75, 3.05) is 13.1 Å². The average Bonchev–Trinajstić information content (AvgIpc) is 2.77. The van der Waals surface area contributed by atoms with E-state index >= 15 is 0 Å². The number of hydrogen-bond acceptors (Lipinski definition) is 3. The summed E-state index contributed by atoms with van der Waals surface area (Å²) in [6.07, 6.45) is 1.39. The number of carbonyl (C=O) groups is 1. The average molecular weight is 443 g/mol. The predicted octanol–water partition coefficient (Wildman–Crippen LogP) is 4.65. The van der Waals surface area contributed by atoms with Crippen LogP contribution in [0.4, 0.5) is 0 Å². The molecule has 2 aromatic rings. The molecule has 5 nitrogen and oxygen atoms in total. The van der Waals surface area contributed by atoms with Crippen LogP contribution in [0.3, 0.4) is 0 Å². The van der Waals surface area contributed by atoms with Crippen molar-refractivity contribution in [3.05, 3.63) is 65.2 Å². The van der Waals surface area contributed by atoms with Gasteiger partial charge in [0, 0.05) is 19.6 Å². The fraction of sp³-hybridized carbons (Fsp3) is 0.480. The second-order valence-electron chi connectivity index (χ2n) is 9.04. The molecule has 0 bridgehead atoms. The molecule has 1 aliphatic rings. The van der Waals surface area contributed by atoms with Gasteiger partial charge >= 0.3 is 0 Å². The summed E-state index contributed by atoms with van der Waals surface area (Å²) < 4.78 is 27.7. The Bertz CT molecular complexity index is 980. The summed E-state index contributed by atoms with van der Waals surface area (Å²) in [7, 11) is -3.60. The minimum Gasteiger partial charge on any atom is -0.352 e. The van der Waals surface area contributed by atoms with E-state index in [1.54, 1.807) is 12.1 Å². The molecule has 0 radical (unpaired) electrons. The molecule has 1 amide bonds. The Morgan fingerprint density at radius 2 is 1.52 bits per heavy atom. The SMILES string of the molecule is CC(C)c1ccc(CNC(=O)[C@@H]2CCCN(S(=O)(=O)c3ccc(C(C)C)cc3)C2)cc1. The van der Waals surface area contributed by atoms with Gasteiger partial charge in [0.2, 0.25) is 15.9 Å². The summed E-state index contributed by atoms with van der Waals surface area (Å²) in [6, 6.07) is 15.3. The quantitative estimate of drug-likeness (QED) is 0.679. The molecule has 0 aromatic heterocycles. The minimum absolute atomic E-state index is 0.0806. The van der Waals surface area contributed by atoms with Crippen LogP contribution in [-0.4, -0.2) is 31.7 Å². The molecular weight excluding hydrogens is 408 g/mol. The lowest BCUT2D eigenvalue weighted by Gasteiger charge is -2.31. The standard InChI is InChI=1S/C25H34N2O3S/c1-18(2)21-9-7-20(8-10-21)16-26-25(28)23-6-5-15-27(17-23)31(29,30)24-13-11-22(12-14-24)19(3)4/h7-14,18-19,23H,5-6,15-17H2,1-4H3,(H,26,28)/t23-/m1/s1. The van der Waals surface area contributed by atoms with E-state index in [4.69, 9.17) is 0 Å². The lowest BCUT2D eigenvalue weighted by atomic mass is 9.98. The third-order valence-corrected chi connectivity index (χ3v) is 7.93. The molecule has 0 saturated carbocycles. The maximum Gasteiger partial charge on any atom is 0.243 e. The maximum absolute atomic E-state index is 13.1. The Morgan fingerprint density at radius 3 is 2.06 bits per heavy atom. The summed E-state index contributed by atoms with van der Waals surface area (Å²) >= 11 is 0. The number of carbonyl (C=O) groups excluding carboxylic acids is 1. The second kappa shape index (κ2) is 9.96. The molecule has 0 aliphatic carbocycles. The zero-order valence-electron chi connectivity index (χ0n) is 19.0. The minimum atomic E-state index is -3.60. The van der Waals surface area contributed by atoms with Crippen LogP contribution < -0.4 is 5.32 Å². The smallest absolute Gasteiger partial charge is 0.243 e. The van der Waals surface area contributed by atoms with E-state index in [2.05, 4.69) is 45.1 Å². The molecule has 1 N–H and O–H groups in total. The van der Waals surface area contributed by atoms with Gasteiger partial charge in [0.1, 0.15) is 0 Å². The molecule has 6 heteroatoms. The van der Waals surface area contributed by atoms with E-state index in [9.17, 15) is 13.2 Å². The summed E-state index contributed by atoms with van der Waals surface area (Å²) in [5.41, 5.74) is 3.42. The molecule has 0 spiro atoms. The number of rotatable bonds is 7. The van der Waals surface area contributed by atoms with Crippen LogP contribution in [0.15, 0.2) is 53.4 Å². The fourth-order valence-electron chi connectivity index (χ4n) is 3.90. The molecule has 1 aliphatic heterocycles. The van der Waals surface area contributed by atoms with Crippen LogP contribution >= 0.6 is 0 Å². The number of benzene rings is 2. The highest BCUT2D eigenvalue weighted by molar-refractivity contribution is 7.89.